The van der Waals surface area contributed by atoms with Crippen LogP contribution in [0.1, 0.15) is 44.7 Å². The van der Waals surface area contributed by atoms with Crippen LogP contribution in [0.5, 0.6) is 0 Å². The van der Waals surface area contributed by atoms with Crippen molar-refractivity contribution in [2.45, 2.75) is 59.2 Å². The Morgan fingerprint density at radius 1 is 1.03 bits per heavy atom. The molecule has 9 heteroatoms. The summed E-state index contributed by atoms with van der Waals surface area (Å²) in [6.45, 7) is 7.35. The molecule has 0 bridgehead atoms. The number of sulfonamides is 1. The number of hydrogen-bond acceptors (Lipinski definition) is 4. The van der Waals surface area contributed by atoms with E-state index in [9.17, 15) is 18.0 Å². The third-order valence-corrected chi connectivity index (χ3v) is 7.24. The monoisotopic (exact) mass is 507 g/mol. The van der Waals surface area contributed by atoms with Crippen molar-refractivity contribution in [2.75, 3.05) is 17.1 Å². The van der Waals surface area contributed by atoms with Crippen LogP contribution in [0.25, 0.3) is 0 Å². The molecule has 2 amide bonds. The lowest BCUT2D eigenvalue weighted by Gasteiger charge is -2.33. The molecule has 0 spiro atoms. The molecule has 0 heterocycles. The first-order valence-corrected chi connectivity index (χ1v) is 13.6. The third-order valence-electron chi connectivity index (χ3n) is 5.79. The molecule has 2 atom stereocenters. The fourth-order valence-corrected chi connectivity index (χ4v) is 4.73. The van der Waals surface area contributed by atoms with E-state index in [4.69, 9.17) is 11.6 Å². The molecule has 34 heavy (non-hydrogen) atoms. The van der Waals surface area contributed by atoms with Gasteiger partial charge in [0.1, 0.15) is 12.6 Å². The second-order valence-corrected chi connectivity index (χ2v) is 10.7. The normalized spacial score (nSPS) is 13.1. The van der Waals surface area contributed by atoms with E-state index in [0.29, 0.717) is 6.42 Å². The number of aryl methyl sites for hydroxylation is 1. The minimum atomic E-state index is -3.82. The van der Waals surface area contributed by atoms with E-state index in [0.717, 1.165) is 28.1 Å². The zero-order chi connectivity index (χ0) is 25.5. The number of hydrogen-bond donors (Lipinski definition) is 1. The number of carbonyl (C=O) groups excluding carboxylic acids is 2. The van der Waals surface area contributed by atoms with Gasteiger partial charge >= 0.3 is 0 Å². The van der Waals surface area contributed by atoms with Crippen LogP contribution in [0.15, 0.2) is 48.5 Å². The van der Waals surface area contributed by atoms with Crippen molar-refractivity contribution < 1.29 is 18.0 Å². The Labute approximate surface area is 208 Å². The number of carbonyl (C=O) groups is 2. The van der Waals surface area contributed by atoms with Crippen LogP contribution in [0.2, 0.25) is 5.02 Å². The first kappa shape index (κ1) is 27.7. The topological polar surface area (TPSA) is 86.8 Å². The van der Waals surface area contributed by atoms with Gasteiger partial charge in [0.2, 0.25) is 21.8 Å². The molecular formula is C25H34ClN3O4S. The summed E-state index contributed by atoms with van der Waals surface area (Å²) >= 11 is 6.26. The van der Waals surface area contributed by atoms with Crippen LogP contribution in [0, 0.1) is 6.92 Å². The zero-order valence-electron chi connectivity index (χ0n) is 20.4. The minimum absolute atomic E-state index is 0.0485. The van der Waals surface area contributed by atoms with E-state index in [1.54, 1.807) is 24.3 Å². The van der Waals surface area contributed by atoms with E-state index >= 15 is 0 Å². The molecule has 7 nitrogen and oxygen atoms in total. The average molecular weight is 508 g/mol. The molecule has 2 aromatic rings. The number of anilines is 1. The van der Waals surface area contributed by atoms with Crippen LogP contribution in [-0.4, -0.2) is 50.0 Å². The maximum Gasteiger partial charge on any atom is 0.244 e. The second-order valence-electron chi connectivity index (χ2n) is 8.41. The fourth-order valence-electron chi connectivity index (χ4n) is 3.58. The van der Waals surface area contributed by atoms with Crippen molar-refractivity contribution in [3.63, 3.8) is 0 Å². The van der Waals surface area contributed by atoms with E-state index in [-0.39, 0.29) is 29.2 Å². The van der Waals surface area contributed by atoms with Gasteiger partial charge in [-0.15, -0.1) is 0 Å². The fraction of sp³-hybridized carbons (Fsp3) is 0.440. The summed E-state index contributed by atoms with van der Waals surface area (Å²) in [5.74, 6) is -0.748. The van der Waals surface area contributed by atoms with Gasteiger partial charge in [0, 0.05) is 12.6 Å². The lowest BCUT2D eigenvalue weighted by molar-refractivity contribution is -0.140. The standard InChI is InChI=1S/C25H34ClN3O4S/c1-6-19(4)27-25(31)22(7-2)28(16-20-13-9-8-12-18(20)3)24(30)17-29(34(5,32)33)23-15-11-10-14-21(23)26/h8-15,19,22H,6-7,16-17H2,1-5H3,(H,27,31)/t19-,22+/m0/s1. The van der Waals surface area contributed by atoms with Gasteiger partial charge in [-0.1, -0.05) is 61.8 Å². The molecule has 0 aliphatic carbocycles. The van der Waals surface area contributed by atoms with Crippen molar-refractivity contribution in [3.8, 4) is 0 Å². The maximum absolute atomic E-state index is 13.7. The van der Waals surface area contributed by atoms with Gasteiger partial charge in [0.05, 0.1) is 17.0 Å². The Kier molecular flexibility index (Phi) is 9.94. The summed E-state index contributed by atoms with van der Waals surface area (Å²) in [6, 6.07) is 13.3. The highest BCUT2D eigenvalue weighted by molar-refractivity contribution is 7.92. The Hall–Kier alpha value is -2.58. The first-order chi connectivity index (χ1) is 16.0. The summed E-state index contributed by atoms with van der Waals surface area (Å²) < 4.78 is 26.2. The van der Waals surface area contributed by atoms with Crippen LogP contribution >= 0.6 is 11.6 Å². The predicted molar refractivity (Wildman–Crippen MR) is 137 cm³/mol. The summed E-state index contributed by atoms with van der Waals surface area (Å²) in [7, 11) is -3.82. The first-order valence-electron chi connectivity index (χ1n) is 11.4. The number of halogens is 1. The SMILES string of the molecule is CC[C@H](C(=O)N[C@@H](C)CC)N(Cc1ccccc1C)C(=O)CN(c1ccccc1Cl)S(C)(=O)=O. The van der Waals surface area contributed by atoms with Gasteiger partial charge in [0.15, 0.2) is 0 Å². The molecule has 0 fully saturated rings. The molecule has 1 N–H and O–H groups in total. The molecule has 0 aromatic heterocycles. The summed E-state index contributed by atoms with van der Waals surface area (Å²) in [5.41, 5.74) is 2.07. The smallest absolute Gasteiger partial charge is 0.244 e. The van der Waals surface area contributed by atoms with E-state index in [2.05, 4.69) is 5.32 Å². The van der Waals surface area contributed by atoms with Gasteiger partial charge in [-0.25, -0.2) is 8.42 Å². The summed E-state index contributed by atoms with van der Waals surface area (Å²) in [6.07, 6.45) is 2.16. The molecule has 2 rings (SSSR count). The number of nitrogens with zero attached hydrogens (tertiary/aromatic N) is 2. The number of benzene rings is 2. The molecule has 0 aliphatic rings. The van der Waals surface area contributed by atoms with Crippen molar-refractivity contribution in [2.24, 2.45) is 0 Å². The number of amides is 2. The number of rotatable bonds is 11. The lowest BCUT2D eigenvalue weighted by atomic mass is 10.1. The average Bonchev–Trinajstić information content (AvgIpc) is 2.78. The highest BCUT2D eigenvalue weighted by Crippen LogP contribution is 2.27. The molecule has 186 valence electrons. The van der Waals surface area contributed by atoms with Crippen LogP contribution in [0.4, 0.5) is 5.69 Å². The van der Waals surface area contributed by atoms with Crippen LogP contribution in [-0.2, 0) is 26.2 Å². The van der Waals surface area contributed by atoms with E-state index in [1.807, 2.05) is 52.0 Å². The molecule has 0 unspecified atom stereocenters. The van der Waals surface area contributed by atoms with Crippen molar-refractivity contribution in [3.05, 3.63) is 64.7 Å². The van der Waals surface area contributed by atoms with Gasteiger partial charge in [0.25, 0.3) is 0 Å². The van der Waals surface area contributed by atoms with Crippen LogP contribution in [0.3, 0.4) is 0 Å². The Balaban J connectivity index is 2.47. The largest absolute Gasteiger partial charge is 0.352 e. The summed E-state index contributed by atoms with van der Waals surface area (Å²) in [5, 5.41) is 3.17. The van der Waals surface area contributed by atoms with Crippen molar-refractivity contribution >= 4 is 39.1 Å². The summed E-state index contributed by atoms with van der Waals surface area (Å²) in [4.78, 5) is 28.2. The van der Waals surface area contributed by atoms with Crippen molar-refractivity contribution in [1.82, 2.24) is 10.2 Å². The number of nitrogens with one attached hydrogen (secondary N) is 1. The zero-order valence-corrected chi connectivity index (χ0v) is 22.0. The second kappa shape index (κ2) is 12.2. The van der Waals surface area contributed by atoms with E-state index < -0.39 is 28.5 Å². The number of para-hydroxylation sites is 1. The van der Waals surface area contributed by atoms with Gasteiger partial charge in [-0.05, 0) is 49.9 Å². The molecule has 2 aromatic carbocycles. The molecule has 0 aliphatic heterocycles. The molecular weight excluding hydrogens is 474 g/mol. The Morgan fingerprint density at radius 3 is 2.21 bits per heavy atom. The van der Waals surface area contributed by atoms with Crippen molar-refractivity contribution in [1.29, 1.82) is 0 Å². The Morgan fingerprint density at radius 2 is 1.65 bits per heavy atom. The van der Waals surface area contributed by atoms with Gasteiger partial charge < -0.3 is 10.2 Å². The predicted octanol–water partition coefficient (Wildman–Crippen LogP) is 4.14. The maximum atomic E-state index is 13.7. The van der Waals surface area contributed by atoms with E-state index in [1.165, 1.54) is 4.90 Å². The van der Waals surface area contributed by atoms with Crippen LogP contribution < -0.4 is 9.62 Å². The molecule has 0 saturated heterocycles. The highest BCUT2D eigenvalue weighted by Gasteiger charge is 2.32. The van der Waals surface area contributed by atoms with Gasteiger partial charge in [-0.2, -0.15) is 0 Å². The minimum Gasteiger partial charge on any atom is -0.352 e. The highest BCUT2D eigenvalue weighted by atomic mass is 35.5. The molecule has 0 radical (unpaired) electrons. The van der Waals surface area contributed by atoms with Gasteiger partial charge in [-0.3, -0.25) is 13.9 Å². The third kappa shape index (κ3) is 7.21. The molecule has 0 saturated carbocycles. The quantitative estimate of drug-likeness (QED) is 0.495. The lowest BCUT2D eigenvalue weighted by Crippen LogP contribution is -2.53. The Bertz CT molecular complexity index is 1110.